The van der Waals surface area contributed by atoms with E-state index in [0.717, 1.165) is 0 Å². The van der Waals surface area contributed by atoms with Crippen molar-refractivity contribution in [2.45, 2.75) is 40.5 Å². The topological polar surface area (TPSA) is 0 Å². The standard InChI is InChI=1S/2C8H11.V/c2*1-7(2)8-5-3-4-6-8;/h2*3,5,7H,4H2,1-2H3;. The van der Waals surface area contributed by atoms with Crippen molar-refractivity contribution >= 4 is 0 Å². The fraction of sp³-hybridized carbons (Fsp3) is 0.500. The molecule has 0 aromatic heterocycles. The Hall–Kier alpha value is -0.456. The molecule has 0 atom stereocenters. The Bertz CT molecular complexity index is 377. The van der Waals surface area contributed by atoms with Gasteiger partial charge in [-0.15, -0.1) is 0 Å². The van der Waals surface area contributed by atoms with Gasteiger partial charge in [0.05, 0.1) is 0 Å². The molecule has 0 aromatic carbocycles. The summed E-state index contributed by atoms with van der Waals surface area (Å²) in [4.78, 5) is 0. The molecule has 91 valence electrons. The van der Waals surface area contributed by atoms with Crippen molar-refractivity contribution in [1.82, 2.24) is 0 Å². The molecule has 2 rings (SSSR count). The molecular weight excluding hydrogens is 243 g/mol. The second-order valence-electron chi connectivity index (χ2n) is 5.44. The summed E-state index contributed by atoms with van der Waals surface area (Å²) in [6.45, 7) is 9.26. The van der Waals surface area contributed by atoms with Crippen molar-refractivity contribution in [2.75, 3.05) is 0 Å². The van der Waals surface area contributed by atoms with Gasteiger partial charge in [0.25, 0.3) is 0 Å². The molecule has 2 aliphatic rings. The van der Waals surface area contributed by atoms with Crippen LogP contribution in [-0.4, -0.2) is 0 Å². The second-order valence-corrected chi connectivity index (χ2v) is 7.47. The van der Waals surface area contributed by atoms with E-state index in [1.54, 1.807) is 19.7 Å². The van der Waals surface area contributed by atoms with E-state index in [4.69, 9.17) is 0 Å². The molecule has 0 radical (unpaired) electrons. The van der Waals surface area contributed by atoms with Gasteiger partial charge >= 0.3 is 113 Å². The van der Waals surface area contributed by atoms with Crippen LogP contribution in [0.15, 0.2) is 44.0 Å². The van der Waals surface area contributed by atoms with Crippen LogP contribution < -0.4 is 0 Å². The van der Waals surface area contributed by atoms with Crippen LogP contribution in [0.4, 0.5) is 0 Å². The summed E-state index contributed by atoms with van der Waals surface area (Å²) < 4.78 is 3.49. The first kappa shape index (κ1) is 13.0. The molecule has 0 saturated carbocycles. The quantitative estimate of drug-likeness (QED) is 0.684. The molecule has 0 heterocycles. The number of hydrogen-bond acceptors (Lipinski definition) is 0. The first-order chi connectivity index (χ1) is 8.09. The molecule has 0 bridgehead atoms. The zero-order valence-electron chi connectivity index (χ0n) is 11.3. The average molecular weight is 265 g/mol. The van der Waals surface area contributed by atoms with Gasteiger partial charge in [-0.05, 0) is 0 Å². The summed E-state index contributed by atoms with van der Waals surface area (Å²) in [5, 5.41) is 0. The zero-order valence-corrected chi connectivity index (χ0v) is 12.7. The summed E-state index contributed by atoms with van der Waals surface area (Å²) >= 11 is 0.266. The Labute approximate surface area is 113 Å². The fourth-order valence-corrected chi connectivity index (χ4v) is 5.02. The van der Waals surface area contributed by atoms with Gasteiger partial charge in [0.15, 0.2) is 0 Å². The number of rotatable bonds is 4. The third-order valence-electron chi connectivity index (χ3n) is 3.40. The summed E-state index contributed by atoms with van der Waals surface area (Å²) in [6, 6.07) is 0. The third-order valence-corrected chi connectivity index (χ3v) is 5.62. The molecule has 2 aliphatic carbocycles. The van der Waals surface area contributed by atoms with Crippen LogP contribution in [0.3, 0.4) is 0 Å². The van der Waals surface area contributed by atoms with Crippen molar-refractivity contribution in [3.05, 3.63) is 44.0 Å². The Morgan fingerprint density at radius 2 is 1.24 bits per heavy atom. The van der Waals surface area contributed by atoms with Gasteiger partial charge in [-0.25, -0.2) is 0 Å². The summed E-state index contributed by atoms with van der Waals surface area (Å²) in [5.74, 6) is 1.38. The van der Waals surface area contributed by atoms with Crippen LogP contribution in [0.5, 0.6) is 0 Å². The van der Waals surface area contributed by atoms with Gasteiger partial charge in [-0.1, -0.05) is 0 Å². The molecule has 0 aromatic rings. The van der Waals surface area contributed by atoms with Crippen LogP contribution in [0, 0.1) is 11.8 Å². The minimum absolute atomic E-state index is 0.266. The molecule has 0 nitrogen and oxygen atoms in total. The van der Waals surface area contributed by atoms with Crippen molar-refractivity contribution in [3.8, 4) is 0 Å². The summed E-state index contributed by atoms with van der Waals surface area (Å²) in [6.07, 6.45) is 11.8. The van der Waals surface area contributed by atoms with Gasteiger partial charge in [-0.3, -0.25) is 0 Å². The number of allylic oxidation sites excluding steroid dienone is 8. The van der Waals surface area contributed by atoms with Crippen LogP contribution in [0.1, 0.15) is 40.5 Å². The molecule has 0 saturated heterocycles. The SMILES string of the molecule is CC(C)C1=[C]([V][C]2=C(C(C)C)C=CC2)CC=C1. The Kier molecular flexibility index (Phi) is 4.17. The fourth-order valence-electron chi connectivity index (χ4n) is 2.46. The molecule has 1 heteroatoms. The molecular formula is C16H22V. The molecule has 0 fully saturated rings. The molecule has 0 aliphatic heterocycles. The average Bonchev–Trinajstić information content (AvgIpc) is 2.86. The minimum atomic E-state index is 0.266. The number of hydrogen-bond donors (Lipinski definition) is 0. The predicted molar refractivity (Wildman–Crippen MR) is 71.2 cm³/mol. The van der Waals surface area contributed by atoms with Gasteiger partial charge < -0.3 is 0 Å². The van der Waals surface area contributed by atoms with E-state index >= 15 is 0 Å². The Morgan fingerprint density at radius 1 is 0.824 bits per heavy atom. The van der Waals surface area contributed by atoms with E-state index in [1.807, 2.05) is 0 Å². The van der Waals surface area contributed by atoms with Crippen LogP contribution in [0.2, 0.25) is 0 Å². The molecule has 0 amide bonds. The Morgan fingerprint density at radius 3 is 1.59 bits per heavy atom. The van der Waals surface area contributed by atoms with E-state index in [9.17, 15) is 0 Å². The summed E-state index contributed by atoms with van der Waals surface area (Å²) in [7, 11) is 0. The van der Waals surface area contributed by atoms with Crippen molar-refractivity contribution in [1.29, 1.82) is 0 Å². The van der Waals surface area contributed by atoms with Crippen LogP contribution >= 0.6 is 0 Å². The zero-order chi connectivity index (χ0) is 12.4. The Balaban J connectivity index is 2.18. The second kappa shape index (κ2) is 5.46. The van der Waals surface area contributed by atoms with E-state index in [0.29, 0.717) is 11.8 Å². The summed E-state index contributed by atoms with van der Waals surface area (Å²) in [5.41, 5.74) is 3.24. The predicted octanol–water partition coefficient (Wildman–Crippen LogP) is 4.81. The van der Waals surface area contributed by atoms with Gasteiger partial charge in [0, 0.05) is 0 Å². The maximum absolute atomic E-state index is 2.35. The van der Waals surface area contributed by atoms with E-state index in [2.05, 4.69) is 52.0 Å². The van der Waals surface area contributed by atoms with Gasteiger partial charge in [0.1, 0.15) is 0 Å². The first-order valence-corrected chi connectivity index (χ1v) is 8.00. The molecule has 17 heavy (non-hydrogen) atoms. The van der Waals surface area contributed by atoms with E-state index in [-0.39, 0.29) is 16.3 Å². The maximum atomic E-state index is 2.35. The van der Waals surface area contributed by atoms with Crippen molar-refractivity contribution < 1.29 is 16.3 Å². The normalized spacial score (nSPS) is 19.4. The van der Waals surface area contributed by atoms with E-state index < -0.39 is 0 Å². The monoisotopic (exact) mass is 265 g/mol. The van der Waals surface area contributed by atoms with E-state index in [1.165, 1.54) is 12.8 Å². The van der Waals surface area contributed by atoms with Crippen LogP contribution in [0.25, 0.3) is 0 Å². The molecule has 0 N–H and O–H groups in total. The molecule has 0 unspecified atom stereocenters. The third kappa shape index (κ3) is 2.87. The van der Waals surface area contributed by atoms with Gasteiger partial charge in [0.2, 0.25) is 0 Å². The molecule has 0 spiro atoms. The van der Waals surface area contributed by atoms with Crippen molar-refractivity contribution in [3.63, 3.8) is 0 Å². The van der Waals surface area contributed by atoms with Crippen LogP contribution in [-0.2, 0) is 16.3 Å². The van der Waals surface area contributed by atoms with Gasteiger partial charge in [-0.2, -0.15) is 0 Å². The first-order valence-electron chi connectivity index (χ1n) is 6.60. The van der Waals surface area contributed by atoms with Crippen molar-refractivity contribution in [2.24, 2.45) is 11.8 Å².